The Bertz CT molecular complexity index is 351. The van der Waals surface area contributed by atoms with Gasteiger partial charge in [-0.15, -0.1) is 0 Å². The molecular weight excluding hydrogens is 198 g/mol. The molecule has 2 atom stereocenters. The number of nitrogens with two attached hydrogens (primary N) is 1. The first-order valence-corrected chi connectivity index (χ1v) is 6.06. The number of piperidine rings is 1. The highest BCUT2D eigenvalue weighted by Crippen LogP contribution is 2.19. The van der Waals surface area contributed by atoms with Gasteiger partial charge in [0.15, 0.2) is 0 Å². The van der Waals surface area contributed by atoms with Crippen LogP contribution in [0.2, 0.25) is 0 Å². The van der Waals surface area contributed by atoms with Crippen LogP contribution in [0.5, 0.6) is 0 Å². The van der Waals surface area contributed by atoms with Gasteiger partial charge in [0.1, 0.15) is 0 Å². The van der Waals surface area contributed by atoms with Crippen LogP contribution in [0.25, 0.3) is 0 Å². The molecule has 0 spiro atoms. The van der Waals surface area contributed by atoms with Crippen LogP contribution in [0.1, 0.15) is 30.9 Å². The van der Waals surface area contributed by atoms with Crippen molar-refractivity contribution in [2.45, 2.75) is 45.3 Å². The highest BCUT2D eigenvalue weighted by molar-refractivity contribution is 5.21. The number of nitrogens with zero attached hydrogens (tertiary/aromatic N) is 2. The molecule has 0 aromatic carbocycles. The second-order valence-corrected chi connectivity index (χ2v) is 4.91. The lowest BCUT2D eigenvalue weighted by molar-refractivity contribution is 0.139. The fourth-order valence-electron chi connectivity index (χ4n) is 2.39. The number of likely N-dealkylation sites (tertiary alicyclic amines) is 1. The monoisotopic (exact) mass is 219 g/mol. The van der Waals surface area contributed by atoms with Crippen molar-refractivity contribution in [1.29, 1.82) is 0 Å². The van der Waals surface area contributed by atoms with E-state index < -0.39 is 0 Å². The van der Waals surface area contributed by atoms with E-state index >= 15 is 0 Å². The third-order valence-corrected chi connectivity index (χ3v) is 3.56. The van der Waals surface area contributed by atoms with Gasteiger partial charge in [0.2, 0.25) is 0 Å². The third-order valence-electron chi connectivity index (χ3n) is 3.56. The van der Waals surface area contributed by atoms with Crippen LogP contribution >= 0.6 is 0 Å². The molecule has 0 amide bonds. The van der Waals surface area contributed by atoms with E-state index in [1.165, 1.54) is 11.1 Å². The molecule has 0 aliphatic carbocycles. The standard InChI is InChI=1S/C13H21N3/c1-10-8-15-5-3-12(10)9-16-6-4-13(14)7-11(16)2/h3,5,8,11,13H,4,6-7,9,14H2,1-2H3. The van der Waals surface area contributed by atoms with Crippen molar-refractivity contribution in [3.05, 3.63) is 29.6 Å². The first-order chi connectivity index (χ1) is 7.66. The first-order valence-electron chi connectivity index (χ1n) is 6.06. The Balaban J connectivity index is 2.02. The lowest BCUT2D eigenvalue weighted by Crippen LogP contribution is -2.45. The van der Waals surface area contributed by atoms with Gasteiger partial charge in [-0.25, -0.2) is 0 Å². The minimum atomic E-state index is 0.393. The summed E-state index contributed by atoms with van der Waals surface area (Å²) in [5.41, 5.74) is 8.64. The van der Waals surface area contributed by atoms with Gasteiger partial charge < -0.3 is 5.73 Å². The molecule has 16 heavy (non-hydrogen) atoms. The second kappa shape index (κ2) is 4.93. The SMILES string of the molecule is Cc1cnccc1CN1CCC(N)CC1C. The number of rotatable bonds is 2. The van der Waals surface area contributed by atoms with Crippen molar-refractivity contribution < 1.29 is 0 Å². The van der Waals surface area contributed by atoms with Gasteiger partial charge in [0.05, 0.1) is 0 Å². The van der Waals surface area contributed by atoms with Crippen molar-refractivity contribution in [3.8, 4) is 0 Å². The largest absolute Gasteiger partial charge is 0.328 e. The Morgan fingerprint density at radius 3 is 3.06 bits per heavy atom. The lowest BCUT2D eigenvalue weighted by Gasteiger charge is -2.36. The summed E-state index contributed by atoms with van der Waals surface area (Å²) < 4.78 is 0. The fourth-order valence-corrected chi connectivity index (χ4v) is 2.39. The van der Waals surface area contributed by atoms with Gasteiger partial charge in [-0.2, -0.15) is 0 Å². The number of aryl methyl sites for hydroxylation is 1. The zero-order valence-corrected chi connectivity index (χ0v) is 10.2. The summed E-state index contributed by atoms with van der Waals surface area (Å²) in [6.07, 6.45) is 6.05. The quantitative estimate of drug-likeness (QED) is 0.823. The predicted octanol–water partition coefficient (Wildman–Crippen LogP) is 1.70. The number of aromatic nitrogens is 1. The van der Waals surface area contributed by atoms with Crippen LogP contribution in [-0.4, -0.2) is 28.5 Å². The predicted molar refractivity (Wildman–Crippen MR) is 66.1 cm³/mol. The number of hydrogen-bond acceptors (Lipinski definition) is 3. The molecule has 2 unspecified atom stereocenters. The summed E-state index contributed by atoms with van der Waals surface area (Å²) in [6, 6.07) is 3.11. The van der Waals surface area contributed by atoms with E-state index in [9.17, 15) is 0 Å². The summed E-state index contributed by atoms with van der Waals surface area (Å²) in [5.74, 6) is 0. The van der Waals surface area contributed by atoms with Crippen molar-refractivity contribution in [1.82, 2.24) is 9.88 Å². The summed E-state index contributed by atoms with van der Waals surface area (Å²) in [5, 5.41) is 0. The van der Waals surface area contributed by atoms with E-state index in [0.717, 1.165) is 25.9 Å². The molecule has 3 heteroatoms. The van der Waals surface area contributed by atoms with Gasteiger partial charge in [0.25, 0.3) is 0 Å². The summed E-state index contributed by atoms with van der Waals surface area (Å²) >= 11 is 0. The van der Waals surface area contributed by atoms with Gasteiger partial charge in [-0.05, 0) is 43.9 Å². The van der Waals surface area contributed by atoms with E-state index in [4.69, 9.17) is 5.73 Å². The Hall–Kier alpha value is -0.930. The molecule has 1 aliphatic heterocycles. The zero-order valence-electron chi connectivity index (χ0n) is 10.2. The minimum absolute atomic E-state index is 0.393. The molecule has 0 bridgehead atoms. The molecule has 1 aromatic rings. The van der Waals surface area contributed by atoms with Crippen molar-refractivity contribution >= 4 is 0 Å². The molecule has 0 radical (unpaired) electrons. The molecule has 1 saturated heterocycles. The van der Waals surface area contributed by atoms with Gasteiger partial charge in [-0.1, -0.05) is 0 Å². The Morgan fingerprint density at radius 1 is 1.56 bits per heavy atom. The van der Waals surface area contributed by atoms with Gasteiger partial charge in [0, 0.05) is 37.6 Å². The number of hydrogen-bond donors (Lipinski definition) is 1. The molecule has 1 aliphatic rings. The Morgan fingerprint density at radius 2 is 2.38 bits per heavy atom. The van der Waals surface area contributed by atoms with Crippen LogP contribution in [0.15, 0.2) is 18.5 Å². The molecular formula is C13H21N3. The molecule has 2 rings (SSSR count). The first kappa shape index (κ1) is 11.6. The average Bonchev–Trinajstić information content (AvgIpc) is 2.25. The molecule has 0 saturated carbocycles. The van der Waals surface area contributed by atoms with Crippen LogP contribution in [0, 0.1) is 6.92 Å². The van der Waals surface area contributed by atoms with Crippen LogP contribution in [0.4, 0.5) is 0 Å². The van der Waals surface area contributed by atoms with Crippen LogP contribution < -0.4 is 5.73 Å². The Kier molecular flexibility index (Phi) is 3.56. The van der Waals surface area contributed by atoms with E-state index in [-0.39, 0.29) is 0 Å². The normalized spacial score (nSPS) is 26.9. The third kappa shape index (κ3) is 2.60. The lowest BCUT2D eigenvalue weighted by atomic mass is 9.98. The number of pyridine rings is 1. The van der Waals surface area contributed by atoms with Gasteiger partial charge in [-0.3, -0.25) is 9.88 Å². The Labute approximate surface area is 97.7 Å². The molecule has 2 N–H and O–H groups in total. The van der Waals surface area contributed by atoms with Crippen LogP contribution in [-0.2, 0) is 6.54 Å². The summed E-state index contributed by atoms with van der Waals surface area (Å²) in [6.45, 7) is 6.55. The maximum atomic E-state index is 5.97. The highest BCUT2D eigenvalue weighted by atomic mass is 15.2. The highest BCUT2D eigenvalue weighted by Gasteiger charge is 2.23. The van der Waals surface area contributed by atoms with E-state index in [1.54, 1.807) is 0 Å². The molecule has 88 valence electrons. The van der Waals surface area contributed by atoms with Crippen molar-refractivity contribution in [3.63, 3.8) is 0 Å². The maximum Gasteiger partial charge on any atom is 0.0300 e. The average molecular weight is 219 g/mol. The van der Waals surface area contributed by atoms with Crippen molar-refractivity contribution in [2.75, 3.05) is 6.54 Å². The summed E-state index contributed by atoms with van der Waals surface area (Å²) in [7, 11) is 0. The van der Waals surface area contributed by atoms with Gasteiger partial charge >= 0.3 is 0 Å². The van der Waals surface area contributed by atoms with E-state index in [2.05, 4.69) is 29.8 Å². The fraction of sp³-hybridized carbons (Fsp3) is 0.615. The van der Waals surface area contributed by atoms with Crippen molar-refractivity contribution in [2.24, 2.45) is 5.73 Å². The smallest absolute Gasteiger partial charge is 0.0300 e. The molecule has 2 heterocycles. The second-order valence-electron chi connectivity index (χ2n) is 4.91. The molecule has 1 fully saturated rings. The summed E-state index contributed by atoms with van der Waals surface area (Å²) in [4.78, 5) is 6.65. The maximum absolute atomic E-state index is 5.97. The zero-order chi connectivity index (χ0) is 11.5. The topological polar surface area (TPSA) is 42.2 Å². The van der Waals surface area contributed by atoms with E-state index in [1.807, 2.05) is 12.4 Å². The van der Waals surface area contributed by atoms with Crippen LogP contribution in [0.3, 0.4) is 0 Å². The molecule has 1 aromatic heterocycles. The van der Waals surface area contributed by atoms with E-state index in [0.29, 0.717) is 12.1 Å². The molecule has 3 nitrogen and oxygen atoms in total. The minimum Gasteiger partial charge on any atom is -0.328 e.